The van der Waals surface area contributed by atoms with Gasteiger partial charge < -0.3 is 14.6 Å². The zero-order valence-electron chi connectivity index (χ0n) is 11.4. The molecule has 1 N–H and O–H groups in total. The van der Waals surface area contributed by atoms with Crippen molar-refractivity contribution in [3.63, 3.8) is 0 Å². The molecule has 2 heterocycles. The largest absolute Gasteiger partial charge is 0.456 e. The van der Waals surface area contributed by atoms with Gasteiger partial charge in [0.25, 0.3) is 0 Å². The summed E-state index contributed by atoms with van der Waals surface area (Å²) in [6.07, 6.45) is 3.08. The van der Waals surface area contributed by atoms with Crippen LogP contribution in [0.1, 0.15) is 33.1 Å². The van der Waals surface area contributed by atoms with Crippen LogP contribution in [0.5, 0.6) is 0 Å². The molecule has 0 aromatic carbocycles. The second-order valence-electron chi connectivity index (χ2n) is 6.41. The van der Waals surface area contributed by atoms with E-state index in [0.29, 0.717) is 23.3 Å². The van der Waals surface area contributed by atoms with Gasteiger partial charge in [-0.1, -0.05) is 6.92 Å². The summed E-state index contributed by atoms with van der Waals surface area (Å²) in [5.41, 5.74) is -0.754. The van der Waals surface area contributed by atoms with Crippen molar-refractivity contribution in [2.24, 2.45) is 11.3 Å². The molecule has 0 aromatic heterocycles. The summed E-state index contributed by atoms with van der Waals surface area (Å²) in [6.45, 7) is 3.57. The first-order chi connectivity index (χ1) is 9.38. The summed E-state index contributed by atoms with van der Waals surface area (Å²) in [6, 6.07) is 0. The lowest BCUT2D eigenvalue weighted by molar-refractivity contribution is -0.143. The molecule has 2 fully saturated rings. The number of carbonyl (C=O) groups is 2. The molecule has 4 atom stereocenters. The topological polar surface area (TPSA) is 72.8 Å². The number of ether oxygens (including phenoxy) is 2. The van der Waals surface area contributed by atoms with E-state index < -0.39 is 23.1 Å². The average Bonchev–Trinajstić information content (AvgIpc) is 2.78. The molecule has 1 saturated heterocycles. The van der Waals surface area contributed by atoms with Gasteiger partial charge in [-0.3, -0.25) is 4.79 Å². The molecule has 0 amide bonds. The lowest BCUT2D eigenvalue weighted by atomic mass is 9.53. The van der Waals surface area contributed by atoms with Crippen molar-refractivity contribution in [2.45, 2.75) is 44.8 Å². The van der Waals surface area contributed by atoms with Crippen LogP contribution in [0.25, 0.3) is 0 Å². The molecule has 5 nitrogen and oxygen atoms in total. The maximum atomic E-state index is 12.2. The van der Waals surface area contributed by atoms with E-state index in [4.69, 9.17) is 9.47 Å². The predicted octanol–water partition coefficient (Wildman–Crippen LogP) is 1.22. The summed E-state index contributed by atoms with van der Waals surface area (Å²) in [4.78, 5) is 23.9. The van der Waals surface area contributed by atoms with Crippen molar-refractivity contribution in [2.75, 3.05) is 0 Å². The van der Waals surface area contributed by atoms with E-state index in [2.05, 4.69) is 0 Å². The number of carbonyl (C=O) groups excluding carboxylic acids is 2. The van der Waals surface area contributed by atoms with Crippen molar-refractivity contribution < 1.29 is 24.2 Å². The Bertz CT molecular complexity index is 616. The van der Waals surface area contributed by atoms with Crippen LogP contribution in [-0.2, 0) is 19.1 Å². The van der Waals surface area contributed by atoms with E-state index in [9.17, 15) is 14.7 Å². The van der Waals surface area contributed by atoms with Crippen LogP contribution in [0.2, 0.25) is 0 Å². The highest BCUT2D eigenvalue weighted by atomic mass is 16.6. The van der Waals surface area contributed by atoms with Crippen molar-refractivity contribution in [3.8, 4) is 0 Å². The maximum Gasteiger partial charge on any atom is 0.339 e. The van der Waals surface area contributed by atoms with Gasteiger partial charge in [0.05, 0.1) is 16.9 Å². The second kappa shape index (κ2) is 3.34. The molecule has 0 bridgehead atoms. The molecule has 0 aromatic rings. The molecule has 0 radical (unpaired) electrons. The van der Waals surface area contributed by atoms with Gasteiger partial charge >= 0.3 is 11.9 Å². The fraction of sp³-hybridized carbons (Fsp3) is 0.600. The zero-order valence-corrected chi connectivity index (χ0v) is 11.4. The van der Waals surface area contributed by atoms with Crippen LogP contribution in [0.15, 0.2) is 23.0 Å². The highest BCUT2D eigenvalue weighted by Gasteiger charge is 2.69. The Balaban J connectivity index is 2.00. The SMILES string of the molecule is CC1=C2C(=C[C@@]3(O)CCC[C@@H]4C(=O)O[C@@H]2[C@]43C)OC1=O. The summed E-state index contributed by atoms with van der Waals surface area (Å²) in [5, 5.41) is 11.0. The maximum absolute atomic E-state index is 12.2. The molecule has 0 spiro atoms. The van der Waals surface area contributed by atoms with Crippen molar-refractivity contribution in [1.29, 1.82) is 0 Å². The highest BCUT2D eigenvalue weighted by molar-refractivity contribution is 5.95. The van der Waals surface area contributed by atoms with Gasteiger partial charge in [-0.25, -0.2) is 4.79 Å². The Kier molecular flexibility index (Phi) is 2.03. The molecule has 0 unspecified atom stereocenters. The molecule has 2 aliphatic carbocycles. The Hall–Kier alpha value is -1.62. The van der Waals surface area contributed by atoms with Gasteiger partial charge in [-0.15, -0.1) is 0 Å². The van der Waals surface area contributed by atoms with Crippen molar-refractivity contribution in [3.05, 3.63) is 23.0 Å². The molecule has 2 aliphatic heterocycles. The normalized spacial score (nSPS) is 45.6. The average molecular weight is 276 g/mol. The third-order valence-corrected chi connectivity index (χ3v) is 5.58. The van der Waals surface area contributed by atoms with Gasteiger partial charge in [0.15, 0.2) is 0 Å². The lowest BCUT2D eigenvalue weighted by Gasteiger charge is -2.51. The number of rotatable bonds is 0. The molecule has 20 heavy (non-hydrogen) atoms. The Labute approximate surface area is 116 Å². The number of aliphatic hydroxyl groups is 1. The molecular formula is C15H16O5. The van der Waals surface area contributed by atoms with Crippen LogP contribution in [0, 0.1) is 11.3 Å². The molecule has 106 valence electrons. The van der Waals surface area contributed by atoms with Gasteiger partial charge in [0.1, 0.15) is 11.9 Å². The number of esters is 2. The predicted molar refractivity (Wildman–Crippen MR) is 67.2 cm³/mol. The fourth-order valence-electron chi connectivity index (χ4n) is 4.30. The van der Waals surface area contributed by atoms with E-state index in [1.165, 1.54) is 0 Å². The minimum atomic E-state index is -1.16. The summed E-state index contributed by atoms with van der Waals surface area (Å²) in [5.74, 6) is -0.644. The first-order valence-corrected chi connectivity index (χ1v) is 6.97. The third-order valence-electron chi connectivity index (χ3n) is 5.58. The molecule has 4 aliphatic rings. The number of fused-ring (bicyclic) bond motifs is 2. The fourth-order valence-corrected chi connectivity index (χ4v) is 4.30. The summed E-state index contributed by atoms with van der Waals surface area (Å²) < 4.78 is 10.8. The summed E-state index contributed by atoms with van der Waals surface area (Å²) >= 11 is 0. The van der Waals surface area contributed by atoms with Crippen LogP contribution >= 0.6 is 0 Å². The standard InChI is InChI=1S/C15H16O5/c1-7-10-9(19-12(7)16)6-15(18)5-3-4-8-13(17)20-11(10)14(8,15)2/h6,8,11,18H,3-5H2,1-2H3/t8-,11+,14+,15+/m1/s1. The minimum Gasteiger partial charge on any atom is -0.456 e. The van der Waals surface area contributed by atoms with E-state index in [1.807, 2.05) is 6.92 Å². The molecular weight excluding hydrogens is 260 g/mol. The van der Waals surface area contributed by atoms with Crippen LogP contribution < -0.4 is 0 Å². The van der Waals surface area contributed by atoms with E-state index in [-0.39, 0.29) is 11.9 Å². The first-order valence-electron chi connectivity index (χ1n) is 6.97. The number of hydrogen-bond donors (Lipinski definition) is 1. The zero-order chi connectivity index (χ0) is 14.3. The van der Waals surface area contributed by atoms with Gasteiger partial charge in [0.2, 0.25) is 0 Å². The third kappa shape index (κ3) is 1.10. The van der Waals surface area contributed by atoms with E-state index >= 15 is 0 Å². The minimum absolute atomic E-state index is 0.273. The van der Waals surface area contributed by atoms with Crippen molar-refractivity contribution >= 4 is 11.9 Å². The van der Waals surface area contributed by atoms with Crippen LogP contribution in [0.3, 0.4) is 0 Å². The Morgan fingerprint density at radius 1 is 1.40 bits per heavy atom. The first kappa shape index (κ1) is 12.1. The quantitative estimate of drug-likeness (QED) is 0.673. The molecule has 1 saturated carbocycles. The van der Waals surface area contributed by atoms with E-state index in [0.717, 1.165) is 12.8 Å². The van der Waals surface area contributed by atoms with Crippen molar-refractivity contribution in [1.82, 2.24) is 0 Å². The van der Waals surface area contributed by atoms with Gasteiger partial charge in [-0.05, 0) is 32.3 Å². The smallest absolute Gasteiger partial charge is 0.339 e. The Morgan fingerprint density at radius 2 is 2.15 bits per heavy atom. The van der Waals surface area contributed by atoms with E-state index in [1.54, 1.807) is 13.0 Å². The second-order valence-corrected chi connectivity index (χ2v) is 6.41. The van der Waals surface area contributed by atoms with Crippen LogP contribution in [-0.4, -0.2) is 28.8 Å². The van der Waals surface area contributed by atoms with Crippen LogP contribution in [0.4, 0.5) is 0 Å². The lowest BCUT2D eigenvalue weighted by Crippen LogP contribution is -2.58. The molecule has 4 rings (SSSR count). The highest BCUT2D eigenvalue weighted by Crippen LogP contribution is 2.62. The summed E-state index contributed by atoms with van der Waals surface area (Å²) in [7, 11) is 0. The van der Waals surface area contributed by atoms with Gasteiger partial charge in [0, 0.05) is 11.1 Å². The Morgan fingerprint density at radius 3 is 2.90 bits per heavy atom. The monoisotopic (exact) mass is 276 g/mol. The number of hydrogen-bond acceptors (Lipinski definition) is 5. The van der Waals surface area contributed by atoms with Gasteiger partial charge in [-0.2, -0.15) is 0 Å². The molecule has 5 heteroatoms.